The van der Waals surface area contributed by atoms with E-state index in [1.54, 1.807) is 21.3 Å². The predicted octanol–water partition coefficient (Wildman–Crippen LogP) is 6.35. The number of hydrogen-bond donors (Lipinski definition) is 1. The standard InChI is InChI=1S/C28H50N2O3/c1-7-8-9-10-11-15-19-27(28(31-4,32-5)33-6)20-16-21-29-22-23-30(25(2)3)24-26-17-13-12-14-18-26/h12-14,17-18,27,29H,2,7-11,15-16,19-24H2,1,3-6H3. The second-order valence-corrected chi connectivity index (χ2v) is 9.00. The van der Waals surface area contributed by atoms with E-state index in [4.69, 9.17) is 14.2 Å². The van der Waals surface area contributed by atoms with E-state index in [9.17, 15) is 0 Å². The van der Waals surface area contributed by atoms with Crippen molar-refractivity contribution >= 4 is 0 Å². The van der Waals surface area contributed by atoms with Gasteiger partial charge in [0.05, 0.1) is 0 Å². The molecule has 1 rings (SSSR count). The fourth-order valence-corrected chi connectivity index (χ4v) is 4.44. The number of nitrogens with zero attached hydrogens (tertiary/aromatic N) is 1. The Hall–Kier alpha value is -1.40. The fraction of sp³-hybridized carbons (Fsp3) is 0.714. The lowest BCUT2D eigenvalue weighted by molar-refractivity contribution is -0.380. The normalized spacial score (nSPS) is 12.6. The van der Waals surface area contributed by atoms with Crippen LogP contribution in [0.5, 0.6) is 0 Å². The van der Waals surface area contributed by atoms with Gasteiger partial charge in [-0.1, -0.05) is 82.4 Å². The van der Waals surface area contributed by atoms with Crippen molar-refractivity contribution in [3.8, 4) is 0 Å². The fourth-order valence-electron chi connectivity index (χ4n) is 4.44. The first-order chi connectivity index (χ1) is 16.0. The molecule has 0 bridgehead atoms. The summed E-state index contributed by atoms with van der Waals surface area (Å²) in [5, 5.41) is 3.60. The highest BCUT2D eigenvalue weighted by atomic mass is 16.9. The van der Waals surface area contributed by atoms with Crippen LogP contribution in [0.1, 0.15) is 77.2 Å². The van der Waals surface area contributed by atoms with E-state index in [2.05, 4.69) is 61.0 Å². The Balaban J connectivity index is 2.42. The van der Waals surface area contributed by atoms with Crippen molar-refractivity contribution in [1.29, 1.82) is 0 Å². The summed E-state index contributed by atoms with van der Waals surface area (Å²) in [5.41, 5.74) is 2.41. The molecular formula is C28H50N2O3. The largest absolute Gasteiger partial charge is 0.370 e. The van der Waals surface area contributed by atoms with Crippen LogP contribution in [-0.2, 0) is 20.8 Å². The summed E-state index contributed by atoms with van der Waals surface area (Å²) in [6.07, 6.45) is 10.8. The van der Waals surface area contributed by atoms with E-state index in [1.807, 2.05) is 0 Å². The van der Waals surface area contributed by atoms with Crippen LogP contribution in [0.4, 0.5) is 0 Å². The molecule has 0 aliphatic heterocycles. The van der Waals surface area contributed by atoms with Crippen LogP contribution in [-0.4, -0.2) is 51.8 Å². The number of methoxy groups -OCH3 is 3. The molecular weight excluding hydrogens is 412 g/mol. The van der Waals surface area contributed by atoms with Gasteiger partial charge in [-0.25, -0.2) is 0 Å². The second kappa shape index (κ2) is 18.0. The van der Waals surface area contributed by atoms with Gasteiger partial charge in [0.25, 0.3) is 5.97 Å². The van der Waals surface area contributed by atoms with Crippen molar-refractivity contribution in [2.24, 2.45) is 5.92 Å². The van der Waals surface area contributed by atoms with Crippen molar-refractivity contribution in [3.05, 3.63) is 48.2 Å². The van der Waals surface area contributed by atoms with E-state index >= 15 is 0 Å². The van der Waals surface area contributed by atoms with Gasteiger partial charge in [0.2, 0.25) is 0 Å². The highest BCUT2D eigenvalue weighted by Crippen LogP contribution is 2.32. The molecule has 0 aliphatic rings. The van der Waals surface area contributed by atoms with Gasteiger partial charge in [0.15, 0.2) is 0 Å². The monoisotopic (exact) mass is 462 g/mol. The zero-order valence-electron chi connectivity index (χ0n) is 22.0. The van der Waals surface area contributed by atoms with Gasteiger partial charge in [-0.15, -0.1) is 0 Å². The van der Waals surface area contributed by atoms with Gasteiger partial charge in [-0.2, -0.15) is 0 Å². The maximum Gasteiger partial charge on any atom is 0.285 e. The predicted molar refractivity (Wildman–Crippen MR) is 139 cm³/mol. The molecule has 33 heavy (non-hydrogen) atoms. The third-order valence-electron chi connectivity index (χ3n) is 6.48. The van der Waals surface area contributed by atoms with Crippen LogP contribution in [0.2, 0.25) is 0 Å². The highest BCUT2D eigenvalue weighted by molar-refractivity contribution is 5.15. The van der Waals surface area contributed by atoms with Crippen molar-refractivity contribution in [1.82, 2.24) is 10.2 Å². The molecule has 5 nitrogen and oxygen atoms in total. The Morgan fingerprint density at radius 1 is 0.909 bits per heavy atom. The average Bonchev–Trinajstić information content (AvgIpc) is 2.83. The summed E-state index contributed by atoms with van der Waals surface area (Å²) in [6, 6.07) is 10.6. The minimum absolute atomic E-state index is 0.218. The maximum atomic E-state index is 5.71. The van der Waals surface area contributed by atoms with Gasteiger partial charge in [0, 0.05) is 52.6 Å². The van der Waals surface area contributed by atoms with Crippen LogP contribution in [0.3, 0.4) is 0 Å². The summed E-state index contributed by atoms with van der Waals surface area (Å²) < 4.78 is 17.1. The molecule has 1 N–H and O–H groups in total. The molecule has 0 fully saturated rings. The van der Waals surface area contributed by atoms with Gasteiger partial charge in [-0.3, -0.25) is 0 Å². The number of benzene rings is 1. The lowest BCUT2D eigenvalue weighted by Gasteiger charge is -2.36. The van der Waals surface area contributed by atoms with Crippen LogP contribution in [0, 0.1) is 5.92 Å². The Labute approximate surface area is 203 Å². The van der Waals surface area contributed by atoms with E-state index in [1.165, 1.54) is 44.1 Å². The summed E-state index contributed by atoms with van der Waals surface area (Å²) >= 11 is 0. The third-order valence-corrected chi connectivity index (χ3v) is 6.48. The van der Waals surface area contributed by atoms with Crippen LogP contribution >= 0.6 is 0 Å². The SMILES string of the molecule is C=C(C)N(CCNCCCC(CCCCCCCC)C(OC)(OC)OC)Cc1ccccc1. The van der Waals surface area contributed by atoms with Crippen LogP contribution < -0.4 is 5.32 Å². The summed E-state index contributed by atoms with van der Waals surface area (Å²) in [7, 11) is 5.04. The Bertz CT molecular complexity index is 596. The number of nitrogens with one attached hydrogen (secondary N) is 1. The molecule has 0 saturated carbocycles. The van der Waals surface area contributed by atoms with E-state index in [0.717, 1.165) is 51.1 Å². The molecule has 1 aromatic carbocycles. The molecule has 0 aliphatic carbocycles. The zero-order valence-corrected chi connectivity index (χ0v) is 22.0. The van der Waals surface area contributed by atoms with Crippen molar-refractivity contribution in [3.63, 3.8) is 0 Å². The summed E-state index contributed by atoms with van der Waals surface area (Å²) in [4.78, 5) is 2.33. The summed E-state index contributed by atoms with van der Waals surface area (Å²) in [6.45, 7) is 12.2. The average molecular weight is 463 g/mol. The molecule has 0 heterocycles. The van der Waals surface area contributed by atoms with Crippen LogP contribution in [0.15, 0.2) is 42.6 Å². The quantitative estimate of drug-likeness (QED) is 0.170. The first kappa shape index (κ1) is 29.6. The van der Waals surface area contributed by atoms with E-state index in [-0.39, 0.29) is 5.92 Å². The summed E-state index contributed by atoms with van der Waals surface area (Å²) in [5.74, 6) is -0.731. The molecule has 0 amide bonds. The van der Waals surface area contributed by atoms with Gasteiger partial charge in [0.1, 0.15) is 0 Å². The van der Waals surface area contributed by atoms with Gasteiger partial charge < -0.3 is 24.4 Å². The minimum atomic E-state index is -0.949. The minimum Gasteiger partial charge on any atom is -0.370 e. The van der Waals surface area contributed by atoms with Crippen LogP contribution in [0.25, 0.3) is 0 Å². The smallest absolute Gasteiger partial charge is 0.285 e. The van der Waals surface area contributed by atoms with Gasteiger partial charge in [-0.05, 0) is 38.3 Å². The van der Waals surface area contributed by atoms with E-state index in [0.29, 0.717) is 0 Å². The molecule has 5 heteroatoms. The number of allylic oxidation sites excluding steroid dienone is 1. The zero-order chi connectivity index (χ0) is 24.4. The number of hydrogen-bond acceptors (Lipinski definition) is 5. The number of unbranched alkanes of at least 4 members (excludes halogenated alkanes) is 5. The molecule has 190 valence electrons. The van der Waals surface area contributed by atoms with Crippen molar-refractivity contribution in [2.75, 3.05) is 41.0 Å². The Morgan fingerprint density at radius 2 is 1.52 bits per heavy atom. The van der Waals surface area contributed by atoms with Crippen molar-refractivity contribution < 1.29 is 14.2 Å². The molecule has 1 aromatic rings. The lowest BCUT2D eigenvalue weighted by Crippen LogP contribution is -2.44. The molecule has 1 atom stereocenters. The molecule has 0 radical (unpaired) electrons. The van der Waals surface area contributed by atoms with Crippen molar-refractivity contribution in [2.45, 2.75) is 84.2 Å². The van der Waals surface area contributed by atoms with E-state index < -0.39 is 5.97 Å². The maximum absolute atomic E-state index is 5.71. The van der Waals surface area contributed by atoms with Gasteiger partial charge >= 0.3 is 0 Å². The topological polar surface area (TPSA) is 43.0 Å². The third kappa shape index (κ3) is 11.5. The Morgan fingerprint density at radius 3 is 2.12 bits per heavy atom. The molecule has 0 spiro atoms. The number of rotatable bonds is 21. The molecule has 0 aromatic heterocycles. The number of ether oxygens (including phenoxy) is 3. The molecule has 0 saturated heterocycles. The second-order valence-electron chi connectivity index (χ2n) is 9.00. The lowest BCUT2D eigenvalue weighted by atomic mass is 9.93. The first-order valence-electron chi connectivity index (χ1n) is 12.8. The molecule has 1 unspecified atom stereocenters. The first-order valence-corrected chi connectivity index (χ1v) is 12.8. The highest BCUT2D eigenvalue weighted by Gasteiger charge is 2.39. The Kier molecular flexibility index (Phi) is 16.2.